The minimum atomic E-state index is 0.691. The van der Waals surface area contributed by atoms with Crippen LogP contribution in [0.25, 0.3) is 16.9 Å². The molecule has 4 aromatic rings. The Morgan fingerprint density at radius 3 is 2.54 bits per heavy atom. The zero-order chi connectivity index (χ0) is 17.9. The quantitative estimate of drug-likeness (QED) is 0.586. The van der Waals surface area contributed by atoms with Gasteiger partial charge in [0.2, 0.25) is 0 Å². The zero-order valence-corrected chi connectivity index (χ0v) is 14.8. The van der Waals surface area contributed by atoms with Crippen LogP contribution in [-0.4, -0.2) is 21.7 Å². The standard InChI is InChI=1S/C21H20N4O/c1-15-13-23-25-20(22-14-16-8-10-18(26-2)11-9-16)12-19(24-21(15)25)17-6-4-3-5-7-17/h3-13,22H,14H2,1-2H3. The van der Waals surface area contributed by atoms with Gasteiger partial charge < -0.3 is 10.1 Å². The molecular weight excluding hydrogens is 324 g/mol. The fraction of sp³-hybridized carbons (Fsp3) is 0.143. The topological polar surface area (TPSA) is 51.5 Å². The number of ether oxygens (including phenoxy) is 1. The summed E-state index contributed by atoms with van der Waals surface area (Å²) in [4.78, 5) is 4.79. The Hall–Kier alpha value is -3.34. The summed E-state index contributed by atoms with van der Waals surface area (Å²) in [5, 5.41) is 7.95. The van der Waals surface area contributed by atoms with Crippen LogP contribution in [0.4, 0.5) is 5.82 Å². The van der Waals surface area contributed by atoms with Gasteiger partial charge in [-0.2, -0.15) is 9.61 Å². The fourth-order valence-electron chi connectivity index (χ4n) is 2.89. The van der Waals surface area contributed by atoms with Crippen molar-refractivity contribution >= 4 is 11.5 Å². The van der Waals surface area contributed by atoms with E-state index >= 15 is 0 Å². The average molecular weight is 344 g/mol. The van der Waals surface area contributed by atoms with Gasteiger partial charge in [-0.25, -0.2) is 4.98 Å². The Balaban J connectivity index is 1.68. The Bertz CT molecular complexity index is 1020. The van der Waals surface area contributed by atoms with Gasteiger partial charge in [-0.05, 0) is 24.6 Å². The van der Waals surface area contributed by atoms with E-state index in [-0.39, 0.29) is 0 Å². The molecular formula is C21H20N4O. The van der Waals surface area contributed by atoms with Crippen LogP contribution in [0.5, 0.6) is 5.75 Å². The van der Waals surface area contributed by atoms with Crippen molar-refractivity contribution in [3.05, 3.63) is 78.0 Å². The van der Waals surface area contributed by atoms with E-state index in [0.717, 1.165) is 34.0 Å². The number of nitrogens with zero attached hydrogens (tertiary/aromatic N) is 3. The van der Waals surface area contributed by atoms with Gasteiger partial charge in [-0.15, -0.1) is 0 Å². The first-order valence-electron chi connectivity index (χ1n) is 8.52. The molecule has 0 saturated carbocycles. The summed E-state index contributed by atoms with van der Waals surface area (Å²) in [5.41, 5.74) is 5.10. The van der Waals surface area contributed by atoms with E-state index in [1.807, 2.05) is 54.0 Å². The summed E-state index contributed by atoms with van der Waals surface area (Å²) < 4.78 is 7.07. The molecule has 0 bridgehead atoms. The molecule has 5 nitrogen and oxygen atoms in total. The zero-order valence-electron chi connectivity index (χ0n) is 14.8. The SMILES string of the molecule is COc1ccc(CNc2cc(-c3ccccc3)nc3c(C)cnn23)cc1. The van der Waals surface area contributed by atoms with E-state index < -0.39 is 0 Å². The summed E-state index contributed by atoms with van der Waals surface area (Å²) in [5.74, 6) is 1.77. The first kappa shape index (κ1) is 16.1. The van der Waals surface area contributed by atoms with Gasteiger partial charge in [0.25, 0.3) is 0 Å². The summed E-state index contributed by atoms with van der Waals surface area (Å²) in [6.45, 7) is 2.72. The molecule has 0 amide bonds. The highest BCUT2D eigenvalue weighted by Crippen LogP contribution is 2.24. The number of aryl methyl sites for hydroxylation is 1. The lowest BCUT2D eigenvalue weighted by atomic mass is 10.1. The molecule has 2 aromatic heterocycles. The predicted molar refractivity (Wildman–Crippen MR) is 103 cm³/mol. The number of fused-ring (bicyclic) bond motifs is 1. The van der Waals surface area contributed by atoms with Crippen LogP contribution in [0, 0.1) is 6.92 Å². The van der Waals surface area contributed by atoms with Crippen LogP contribution < -0.4 is 10.1 Å². The Labute approximate surface area is 152 Å². The predicted octanol–water partition coefficient (Wildman–Crippen LogP) is 4.33. The van der Waals surface area contributed by atoms with E-state index in [1.54, 1.807) is 7.11 Å². The summed E-state index contributed by atoms with van der Waals surface area (Å²) in [6, 6.07) is 20.3. The van der Waals surface area contributed by atoms with Crippen LogP contribution in [0.1, 0.15) is 11.1 Å². The maximum atomic E-state index is 5.21. The number of hydrogen-bond acceptors (Lipinski definition) is 4. The molecule has 0 aliphatic heterocycles. The van der Waals surface area contributed by atoms with Crippen molar-refractivity contribution < 1.29 is 4.74 Å². The lowest BCUT2D eigenvalue weighted by molar-refractivity contribution is 0.414. The molecule has 2 aromatic carbocycles. The highest BCUT2D eigenvalue weighted by atomic mass is 16.5. The molecule has 0 saturated heterocycles. The Morgan fingerprint density at radius 2 is 1.81 bits per heavy atom. The van der Waals surface area contributed by atoms with Gasteiger partial charge in [-0.3, -0.25) is 0 Å². The molecule has 0 fully saturated rings. The Morgan fingerprint density at radius 1 is 1.04 bits per heavy atom. The first-order chi connectivity index (χ1) is 12.7. The molecule has 4 rings (SSSR count). The minimum Gasteiger partial charge on any atom is -0.497 e. The molecule has 0 spiro atoms. The normalized spacial score (nSPS) is 10.8. The molecule has 26 heavy (non-hydrogen) atoms. The third kappa shape index (κ3) is 3.11. The monoisotopic (exact) mass is 344 g/mol. The number of aromatic nitrogens is 3. The molecule has 2 heterocycles. The number of nitrogens with one attached hydrogen (secondary N) is 1. The molecule has 0 aliphatic carbocycles. The van der Waals surface area contributed by atoms with Gasteiger partial charge in [0.1, 0.15) is 11.6 Å². The number of anilines is 1. The van der Waals surface area contributed by atoms with Crippen molar-refractivity contribution in [1.29, 1.82) is 0 Å². The van der Waals surface area contributed by atoms with Crippen molar-refractivity contribution in [3.8, 4) is 17.0 Å². The van der Waals surface area contributed by atoms with Gasteiger partial charge in [0, 0.05) is 23.7 Å². The summed E-state index contributed by atoms with van der Waals surface area (Å²) >= 11 is 0. The Kier molecular flexibility index (Phi) is 4.27. The van der Waals surface area contributed by atoms with Gasteiger partial charge in [0.05, 0.1) is 19.0 Å². The van der Waals surface area contributed by atoms with Crippen molar-refractivity contribution in [2.45, 2.75) is 13.5 Å². The van der Waals surface area contributed by atoms with Crippen molar-refractivity contribution in [1.82, 2.24) is 14.6 Å². The van der Waals surface area contributed by atoms with Gasteiger partial charge in [0.15, 0.2) is 5.65 Å². The maximum absolute atomic E-state index is 5.21. The van der Waals surface area contributed by atoms with E-state index in [0.29, 0.717) is 6.54 Å². The third-order valence-corrected chi connectivity index (χ3v) is 4.35. The largest absolute Gasteiger partial charge is 0.497 e. The number of methoxy groups -OCH3 is 1. The van der Waals surface area contributed by atoms with Gasteiger partial charge >= 0.3 is 0 Å². The second-order valence-corrected chi connectivity index (χ2v) is 6.16. The second kappa shape index (κ2) is 6.88. The van der Waals surface area contributed by atoms with Crippen LogP contribution in [0.3, 0.4) is 0 Å². The lowest BCUT2D eigenvalue weighted by Crippen LogP contribution is -2.07. The minimum absolute atomic E-state index is 0.691. The second-order valence-electron chi connectivity index (χ2n) is 6.16. The number of hydrogen-bond donors (Lipinski definition) is 1. The molecule has 130 valence electrons. The molecule has 5 heteroatoms. The molecule has 1 N–H and O–H groups in total. The van der Waals surface area contributed by atoms with Crippen LogP contribution in [0.15, 0.2) is 66.9 Å². The third-order valence-electron chi connectivity index (χ3n) is 4.35. The van der Waals surface area contributed by atoms with E-state index in [1.165, 1.54) is 5.56 Å². The number of benzene rings is 2. The van der Waals surface area contributed by atoms with E-state index in [4.69, 9.17) is 9.72 Å². The average Bonchev–Trinajstić information content (AvgIpc) is 3.08. The highest BCUT2D eigenvalue weighted by Gasteiger charge is 2.10. The first-order valence-corrected chi connectivity index (χ1v) is 8.52. The summed E-state index contributed by atoms with van der Waals surface area (Å²) in [6.07, 6.45) is 1.84. The number of rotatable bonds is 5. The van der Waals surface area contributed by atoms with E-state index in [2.05, 4.69) is 34.7 Å². The fourth-order valence-corrected chi connectivity index (χ4v) is 2.89. The van der Waals surface area contributed by atoms with Crippen molar-refractivity contribution in [2.24, 2.45) is 0 Å². The smallest absolute Gasteiger partial charge is 0.160 e. The van der Waals surface area contributed by atoms with Crippen molar-refractivity contribution in [2.75, 3.05) is 12.4 Å². The van der Waals surface area contributed by atoms with Crippen molar-refractivity contribution in [3.63, 3.8) is 0 Å². The van der Waals surface area contributed by atoms with Crippen LogP contribution in [-0.2, 0) is 6.54 Å². The maximum Gasteiger partial charge on any atom is 0.160 e. The molecule has 0 radical (unpaired) electrons. The van der Waals surface area contributed by atoms with Gasteiger partial charge in [-0.1, -0.05) is 42.5 Å². The highest BCUT2D eigenvalue weighted by molar-refractivity contribution is 5.67. The van der Waals surface area contributed by atoms with Crippen LogP contribution >= 0.6 is 0 Å². The molecule has 0 aliphatic rings. The van der Waals surface area contributed by atoms with Crippen LogP contribution in [0.2, 0.25) is 0 Å². The van der Waals surface area contributed by atoms with E-state index in [9.17, 15) is 0 Å². The molecule has 0 unspecified atom stereocenters. The lowest BCUT2D eigenvalue weighted by Gasteiger charge is -2.11. The summed E-state index contributed by atoms with van der Waals surface area (Å²) in [7, 11) is 1.67. The molecule has 0 atom stereocenters.